The summed E-state index contributed by atoms with van der Waals surface area (Å²) in [5.74, 6) is -0.0587. The van der Waals surface area contributed by atoms with E-state index < -0.39 is 0 Å². The number of hydrogen-bond acceptors (Lipinski definition) is 3. The molecular weight excluding hydrogens is 352 g/mol. The number of amides is 3. The molecule has 0 fully saturated rings. The first kappa shape index (κ1) is 17.7. The predicted molar refractivity (Wildman–Crippen MR) is 110 cm³/mol. The summed E-state index contributed by atoms with van der Waals surface area (Å²) in [5.41, 5.74) is 3.92. The molecule has 0 saturated carbocycles. The molecule has 0 bridgehead atoms. The number of carbonyl (C=O) groups is 2. The molecule has 3 amide bonds. The van der Waals surface area contributed by atoms with Crippen LogP contribution in [0.3, 0.4) is 0 Å². The average molecular weight is 372 g/mol. The predicted octanol–water partition coefficient (Wildman–Crippen LogP) is 4.32. The van der Waals surface area contributed by atoms with Crippen LogP contribution in [0.15, 0.2) is 73.1 Å². The van der Waals surface area contributed by atoms with Crippen molar-refractivity contribution in [3.63, 3.8) is 0 Å². The molecule has 0 atom stereocenters. The summed E-state index contributed by atoms with van der Waals surface area (Å²) in [6.45, 7) is 0.669. The number of rotatable bonds is 3. The largest absolute Gasteiger partial charge is 0.323 e. The van der Waals surface area contributed by atoms with E-state index in [1.165, 1.54) is 0 Å². The maximum Gasteiger partial charge on any atom is 0.323 e. The third kappa shape index (κ3) is 3.86. The molecular formula is C22H20N4O2. The fourth-order valence-corrected chi connectivity index (χ4v) is 3.35. The number of pyridine rings is 1. The van der Waals surface area contributed by atoms with Crippen LogP contribution in [0.5, 0.6) is 0 Å². The van der Waals surface area contributed by atoms with Gasteiger partial charge in [0.05, 0.1) is 5.56 Å². The number of nitrogens with zero attached hydrogens (tertiary/aromatic N) is 2. The molecule has 1 aromatic heterocycles. The van der Waals surface area contributed by atoms with Crippen LogP contribution in [-0.4, -0.2) is 23.5 Å². The van der Waals surface area contributed by atoms with Gasteiger partial charge in [0.15, 0.2) is 0 Å². The van der Waals surface area contributed by atoms with Crippen molar-refractivity contribution in [2.45, 2.75) is 12.8 Å². The first-order valence-corrected chi connectivity index (χ1v) is 9.18. The molecule has 6 heteroatoms. The van der Waals surface area contributed by atoms with Gasteiger partial charge in [-0.25, -0.2) is 4.79 Å². The van der Waals surface area contributed by atoms with Gasteiger partial charge in [-0.1, -0.05) is 18.2 Å². The summed E-state index contributed by atoms with van der Waals surface area (Å²) >= 11 is 0. The van der Waals surface area contributed by atoms with Crippen LogP contribution in [-0.2, 0) is 6.42 Å². The molecule has 6 nitrogen and oxygen atoms in total. The smallest absolute Gasteiger partial charge is 0.308 e. The topological polar surface area (TPSA) is 74.3 Å². The van der Waals surface area contributed by atoms with Crippen molar-refractivity contribution in [2.75, 3.05) is 22.1 Å². The number of aromatic nitrogens is 1. The number of carbonyl (C=O) groups excluding carboxylic acids is 2. The highest BCUT2D eigenvalue weighted by atomic mass is 16.2. The minimum Gasteiger partial charge on any atom is -0.308 e. The van der Waals surface area contributed by atoms with E-state index in [0.29, 0.717) is 17.8 Å². The number of anilines is 3. The standard InChI is InChI=1S/C22H20N4O2/c27-21(17-6-4-12-23-15-17)26-13-5-7-16-14-19(10-11-20(16)26)25-22(28)24-18-8-2-1-3-9-18/h1-4,6,8-12,14-15H,5,7,13H2,(H2,24,25,28). The molecule has 0 spiro atoms. The van der Waals surface area contributed by atoms with Gasteiger partial charge in [-0.15, -0.1) is 0 Å². The van der Waals surface area contributed by atoms with Gasteiger partial charge in [0.2, 0.25) is 0 Å². The van der Waals surface area contributed by atoms with Crippen LogP contribution >= 0.6 is 0 Å². The Bertz CT molecular complexity index is 990. The molecule has 4 rings (SSSR count). The Morgan fingerprint density at radius 3 is 2.54 bits per heavy atom. The van der Waals surface area contributed by atoms with Gasteiger partial charge >= 0.3 is 6.03 Å². The zero-order chi connectivity index (χ0) is 19.3. The van der Waals surface area contributed by atoms with E-state index in [-0.39, 0.29) is 11.9 Å². The second kappa shape index (κ2) is 7.92. The van der Waals surface area contributed by atoms with Gasteiger partial charge in [-0.2, -0.15) is 0 Å². The Hall–Kier alpha value is -3.67. The summed E-state index contributed by atoms with van der Waals surface area (Å²) < 4.78 is 0. The minimum absolute atomic E-state index is 0.0587. The summed E-state index contributed by atoms with van der Waals surface area (Å²) in [6, 6.07) is 18.1. The van der Waals surface area contributed by atoms with Gasteiger partial charge in [0.25, 0.3) is 5.91 Å². The van der Waals surface area contributed by atoms with E-state index in [9.17, 15) is 9.59 Å². The molecule has 1 aliphatic heterocycles. The monoisotopic (exact) mass is 372 g/mol. The van der Waals surface area contributed by atoms with Crippen molar-refractivity contribution in [2.24, 2.45) is 0 Å². The van der Waals surface area contributed by atoms with E-state index in [4.69, 9.17) is 0 Å². The SMILES string of the molecule is O=C(Nc1ccccc1)Nc1ccc2c(c1)CCCN2C(=O)c1cccnc1. The lowest BCUT2D eigenvalue weighted by atomic mass is 10.00. The Morgan fingerprint density at radius 2 is 1.75 bits per heavy atom. The van der Waals surface area contributed by atoms with E-state index in [1.807, 2.05) is 48.5 Å². The van der Waals surface area contributed by atoms with Gasteiger partial charge in [-0.05, 0) is 60.9 Å². The maximum absolute atomic E-state index is 12.8. The molecule has 28 heavy (non-hydrogen) atoms. The fraction of sp³-hybridized carbons (Fsp3) is 0.136. The minimum atomic E-state index is -0.301. The zero-order valence-corrected chi connectivity index (χ0v) is 15.3. The lowest BCUT2D eigenvalue weighted by Crippen LogP contribution is -2.35. The quantitative estimate of drug-likeness (QED) is 0.719. The Morgan fingerprint density at radius 1 is 0.929 bits per heavy atom. The van der Waals surface area contributed by atoms with Crippen molar-refractivity contribution in [1.82, 2.24) is 4.98 Å². The van der Waals surface area contributed by atoms with E-state index in [0.717, 1.165) is 29.8 Å². The van der Waals surface area contributed by atoms with Crippen molar-refractivity contribution in [1.29, 1.82) is 0 Å². The summed E-state index contributed by atoms with van der Waals surface area (Å²) in [4.78, 5) is 30.9. The van der Waals surface area contributed by atoms with Crippen LogP contribution in [0, 0.1) is 0 Å². The number of para-hydroxylation sites is 1. The highest BCUT2D eigenvalue weighted by Gasteiger charge is 2.24. The average Bonchev–Trinajstić information content (AvgIpc) is 2.74. The second-order valence-electron chi connectivity index (χ2n) is 6.59. The van der Waals surface area contributed by atoms with Crippen molar-refractivity contribution < 1.29 is 9.59 Å². The molecule has 0 aliphatic carbocycles. The van der Waals surface area contributed by atoms with Gasteiger partial charge in [0.1, 0.15) is 0 Å². The summed E-state index contributed by atoms with van der Waals surface area (Å²) in [6.07, 6.45) is 4.97. The van der Waals surface area contributed by atoms with Gasteiger partial charge in [-0.3, -0.25) is 9.78 Å². The third-order valence-electron chi connectivity index (χ3n) is 4.64. The molecule has 0 saturated heterocycles. The summed E-state index contributed by atoms with van der Waals surface area (Å²) in [5, 5.41) is 5.65. The van der Waals surface area contributed by atoms with Crippen LogP contribution in [0.1, 0.15) is 22.3 Å². The number of benzene rings is 2. The van der Waals surface area contributed by atoms with E-state index >= 15 is 0 Å². The van der Waals surface area contributed by atoms with Crippen molar-refractivity contribution >= 4 is 29.0 Å². The van der Waals surface area contributed by atoms with Gasteiger partial charge < -0.3 is 15.5 Å². The third-order valence-corrected chi connectivity index (χ3v) is 4.64. The highest BCUT2D eigenvalue weighted by molar-refractivity contribution is 6.07. The number of nitrogens with one attached hydrogen (secondary N) is 2. The second-order valence-corrected chi connectivity index (χ2v) is 6.59. The highest BCUT2D eigenvalue weighted by Crippen LogP contribution is 2.30. The van der Waals surface area contributed by atoms with E-state index in [2.05, 4.69) is 15.6 Å². The fourth-order valence-electron chi connectivity index (χ4n) is 3.35. The number of fused-ring (bicyclic) bond motifs is 1. The molecule has 1 aliphatic rings. The molecule has 0 unspecified atom stereocenters. The lowest BCUT2D eigenvalue weighted by molar-refractivity contribution is 0.0984. The maximum atomic E-state index is 12.8. The Balaban J connectivity index is 1.50. The van der Waals surface area contributed by atoms with E-state index in [1.54, 1.807) is 29.4 Å². The molecule has 2 aromatic carbocycles. The summed E-state index contributed by atoms with van der Waals surface area (Å²) in [7, 11) is 0. The van der Waals surface area contributed by atoms with Crippen LogP contribution < -0.4 is 15.5 Å². The molecule has 2 heterocycles. The lowest BCUT2D eigenvalue weighted by Gasteiger charge is -2.30. The normalized spacial score (nSPS) is 12.8. The van der Waals surface area contributed by atoms with Crippen LogP contribution in [0.25, 0.3) is 0 Å². The molecule has 3 aromatic rings. The van der Waals surface area contributed by atoms with Crippen molar-refractivity contribution in [3.05, 3.63) is 84.2 Å². The first-order chi connectivity index (χ1) is 13.7. The Kier molecular flexibility index (Phi) is 5.01. The molecule has 0 radical (unpaired) electrons. The number of aryl methyl sites for hydroxylation is 1. The van der Waals surface area contributed by atoms with Gasteiger partial charge in [0, 0.05) is 36.0 Å². The van der Waals surface area contributed by atoms with Crippen molar-refractivity contribution in [3.8, 4) is 0 Å². The van der Waals surface area contributed by atoms with Crippen LogP contribution in [0.2, 0.25) is 0 Å². The molecule has 140 valence electrons. The Labute approximate surface area is 163 Å². The zero-order valence-electron chi connectivity index (χ0n) is 15.3. The number of hydrogen-bond donors (Lipinski definition) is 2. The molecule has 2 N–H and O–H groups in total. The number of urea groups is 1. The first-order valence-electron chi connectivity index (χ1n) is 9.18. The van der Waals surface area contributed by atoms with Crippen LogP contribution in [0.4, 0.5) is 21.9 Å².